The number of fused-ring (bicyclic) bond motifs is 25. The van der Waals surface area contributed by atoms with Gasteiger partial charge in [-0.25, -0.2) is 0 Å². The van der Waals surface area contributed by atoms with Crippen molar-refractivity contribution in [2.24, 2.45) is 0 Å². The Bertz CT molecular complexity index is 9930. The molecule has 30 rings (SSSR count). The number of hydrogen-bond donors (Lipinski definition) is 0. The first-order valence-electron chi connectivity index (χ1n) is 51.4. The molecule has 0 bridgehead atoms. The van der Waals surface area contributed by atoms with Gasteiger partial charge >= 0.3 is 0 Å². The highest BCUT2D eigenvalue weighted by molar-refractivity contribution is 6.16. The Morgan fingerprint density at radius 3 is 1.07 bits per heavy atom. The summed E-state index contributed by atoms with van der Waals surface area (Å²) in [5.74, 6) is 0. The van der Waals surface area contributed by atoms with Crippen LogP contribution in [0.3, 0.4) is 0 Å². The molecular weight excluding hydrogens is 1790 g/mol. The van der Waals surface area contributed by atoms with Crippen molar-refractivity contribution in [1.29, 1.82) is 0 Å². The van der Waals surface area contributed by atoms with Crippen molar-refractivity contribution in [2.45, 2.75) is 10.8 Å². The topological polar surface area (TPSA) is 16.3 Å². The molecule has 0 saturated heterocycles. The van der Waals surface area contributed by atoms with Crippen molar-refractivity contribution in [3.05, 3.63) is 603 Å². The van der Waals surface area contributed by atoms with Crippen LogP contribution in [0.15, 0.2) is 558 Å². The number of anilines is 6. The van der Waals surface area contributed by atoms with E-state index in [1.807, 2.05) is 0 Å². The zero-order valence-electron chi connectivity index (χ0n) is 80.9. The molecule has 2 aliphatic heterocycles. The van der Waals surface area contributed by atoms with E-state index in [2.05, 4.69) is 577 Å². The van der Waals surface area contributed by atoms with Crippen molar-refractivity contribution < 1.29 is 0 Å². The molecule has 2 spiro atoms. The Morgan fingerprint density at radius 2 is 0.473 bits per heavy atom. The van der Waals surface area contributed by atoms with Crippen LogP contribution in [0.4, 0.5) is 34.1 Å². The predicted octanol–water partition coefficient (Wildman–Crippen LogP) is 38.0. The molecule has 2 atom stereocenters. The molecule has 4 aliphatic rings. The van der Waals surface area contributed by atoms with Gasteiger partial charge in [-0.05, 0) is 281 Å². The van der Waals surface area contributed by atoms with Gasteiger partial charge in [0.1, 0.15) is 0 Å². The van der Waals surface area contributed by atoms with Gasteiger partial charge in [0.15, 0.2) is 0 Å². The van der Waals surface area contributed by atoms with Crippen molar-refractivity contribution >= 4 is 88.5 Å². The summed E-state index contributed by atoms with van der Waals surface area (Å²) in [6.45, 7) is 0. The Morgan fingerprint density at radius 1 is 0.142 bits per heavy atom. The highest BCUT2D eigenvalue weighted by Gasteiger charge is 2.53. The molecule has 0 N–H and O–H groups in total. The molecule has 148 heavy (non-hydrogen) atoms. The molecule has 24 aromatic carbocycles. The minimum Gasteiger partial charge on any atom is -0.310 e. The molecule has 688 valence electrons. The fourth-order valence-corrected chi connectivity index (χ4v) is 25.9. The summed E-state index contributed by atoms with van der Waals surface area (Å²) in [7, 11) is 0. The van der Waals surface area contributed by atoms with Gasteiger partial charge in [-0.2, -0.15) is 0 Å². The van der Waals surface area contributed by atoms with Gasteiger partial charge in [0.2, 0.25) is 0 Å². The maximum absolute atomic E-state index is 2.62. The van der Waals surface area contributed by atoms with Gasteiger partial charge in [0, 0.05) is 55.3 Å². The summed E-state index contributed by atoms with van der Waals surface area (Å²) in [4.78, 5) is 4.98. The number of para-hydroxylation sites is 8. The minimum atomic E-state index is -0.754. The van der Waals surface area contributed by atoms with Gasteiger partial charge in [-0.1, -0.05) is 449 Å². The van der Waals surface area contributed by atoms with E-state index in [1.54, 1.807) is 0 Å². The van der Waals surface area contributed by atoms with Gasteiger partial charge < -0.3 is 18.9 Å². The van der Waals surface area contributed by atoms with E-state index in [4.69, 9.17) is 0 Å². The van der Waals surface area contributed by atoms with E-state index in [1.165, 1.54) is 177 Å². The third-order valence-corrected chi connectivity index (χ3v) is 32.3. The van der Waals surface area contributed by atoms with Crippen LogP contribution < -0.4 is 9.80 Å². The smallest absolute Gasteiger partial charge is 0.0754 e. The first kappa shape index (κ1) is 84.4. The number of nitrogens with zero attached hydrogens (tertiary/aromatic N) is 4. The molecule has 0 amide bonds. The molecule has 2 unspecified atom stereocenters. The molecule has 0 saturated carbocycles. The first-order chi connectivity index (χ1) is 73.4. The summed E-state index contributed by atoms with van der Waals surface area (Å²) < 4.78 is 5.18. The van der Waals surface area contributed by atoms with E-state index in [0.717, 1.165) is 101 Å². The molecule has 0 radical (unpaired) electrons. The highest BCUT2D eigenvalue weighted by atomic mass is 15.2. The average Bonchev–Trinajstić information content (AvgIpc) is 1.50. The Kier molecular flexibility index (Phi) is 19.2. The van der Waals surface area contributed by atoms with E-state index in [0.29, 0.717) is 0 Å². The monoisotopic (exact) mass is 1880 g/mol. The van der Waals surface area contributed by atoms with Crippen molar-refractivity contribution in [3.8, 4) is 145 Å². The minimum absolute atomic E-state index is 0.705. The van der Waals surface area contributed by atoms with Crippen LogP contribution in [0.25, 0.3) is 199 Å². The van der Waals surface area contributed by atoms with Gasteiger partial charge in [0.25, 0.3) is 0 Å². The van der Waals surface area contributed by atoms with Gasteiger partial charge in [-0.15, -0.1) is 0 Å². The quantitative estimate of drug-likeness (QED) is 0.0959. The SMILES string of the molecule is c1ccc(-c2ccc(-c3ccccc3N(c3cccc(-c4ccc5c(c4)C4(c6ccc(-c7ccc8c9cccc%10c9n(c8c7)-c7ccccc7C%107c8ccccc8-c8ccc(-c9cccc(N(c%10ccc(-c%11cccc%12ccccc%11%12)cc%10)c%10ccccc%10-c%10cccc(-c%11ccccc%11)c%10)c9)cc87)cc6-5)c5ccccc5-n5c6ccccc6c6cccc4c65)c3)c3ccccc3-c3cccc(-c4ccccc4)c3)cc2)cc1. The van der Waals surface area contributed by atoms with Crippen molar-refractivity contribution in [3.63, 3.8) is 0 Å². The lowest BCUT2D eigenvalue weighted by atomic mass is 9.65. The molecule has 4 nitrogen and oxygen atoms in total. The number of benzene rings is 24. The van der Waals surface area contributed by atoms with E-state index in [-0.39, 0.29) is 0 Å². The Hall–Kier alpha value is -19.3. The third kappa shape index (κ3) is 12.9. The number of aromatic nitrogens is 2. The van der Waals surface area contributed by atoms with E-state index >= 15 is 0 Å². The summed E-state index contributed by atoms with van der Waals surface area (Å²) in [6.07, 6.45) is 0. The highest BCUT2D eigenvalue weighted by Crippen LogP contribution is 2.65. The lowest BCUT2D eigenvalue weighted by Crippen LogP contribution is -2.33. The second-order valence-corrected chi connectivity index (χ2v) is 39.9. The molecule has 26 aromatic rings. The van der Waals surface area contributed by atoms with Crippen LogP contribution in [0.2, 0.25) is 0 Å². The molecule has 2 aliphatic carbocycles. The molecule has 2 aromatic heterocycles. The van der Waals surface area contributed by atoms with Crippen LogP contribution in [-0.2, 0) is 10.8 Å². The Labute approximate surface area is 859 Å². The predicted molar refractivity (Wildman–Crippen MR) is 618 cm³/mol. The number of hydrogen-bond acceptors (Lipinski definition) is 2. The van der Waals surface area contributed by atoms with Gasteiger partial charge in [-0.3, -0.25) is 0 Å². The normalized spacial score (nSPS) is 14.1. The largest absolute Gasteiger partial charge is 0.310 e. The zero-order valence-corrected chi connectivity index (χ0v) is 80.9. The molecule has 0 fully saturated rings. The molecular formula is C144H92N4. The average molecular weight is 1880 g/mol. The van der Waals surface area contributed by atoms with E-state index in [9.17, 15) is 0 Å². The molecule has 4 heteroatoms. The van der Waals surface area contributed by atoms with Gasteiger partial charge in [0.05, 0.1) is 61.3 Å². The van der Waals surface area contributed by atoms with Crippen molar-refractivity contribution in [2.75, 3.05) is 9.80 Å². The molecule has 4 heterocycles. The second kappa shape index (κ2) is 33.7. The summed E-state index contributed by atoms with van der Waals surface area (Å²) in [6, 6.07) is 210. The first-order valence-corrected chi connectivity index (χ1v) is 51.4. The summed E-state index contributed by atoms with van der Waals surface area (Å²) in [5.41, 5.74) is 50.3. The van der Waals surface area contributed by atoms with Crippen molar-refractivity contribution in [1.82, 2.24) is 9.13 Å². The maximum atomic E-state index is 2.62. The standard InChI is InChI=1S/C144H92N4/c1-4-33-93(34-5-1)96-69-71-99(72-70-96)115-50-13-21-64-135(115)146(136-65-22-15-52-117(136)109-46-27-42-101(86-109)95-37-8-3-9-38-95)112-48-29-44-103(88-112)106-76-82-120-125-89-104(78-84-127(125)144(133(120)91-106)128-59-18-24-67-138(128)147-137-66-23-16-54-121(137)123-56-31-61-130(144)141(123)147)107-77-83-122-124-57-32-62-131-142(124)148(140(122)92-107)139-68-25-19-60-129(139)143(131)126-58-17-12-53-118(126)119-81-75-105(90-132(119)143)102-43-28-47-111(87-102)145(110-79-73-98(74-80-110)114-55-30-40-97-39-10-11-49-113(97)114)134-63-20-14-51-116(134)108-45-26-41-100(85-108)94-35-6-2-7-36-94/h1-92H. The zero-order chi connectivity index (χ0) is 97.2. The fraction of sp³-hybridized carbons (Fsp3) is 0.0139. The number of rotatable bonds is 16. The van der Waals surface area contributed by atoms with Crippen LogP contribution in [0.1, 0.15) is 44.5 Å². The summed E-state index contributed by atoms with van der Waals surface area (Å²) >= 11 is 0. The Balaban J connectivity index is 0.564. The van der Waals surface area contributed by atoms with E-state index < -0.39 is 10.8 Å². The second-order valence-electron chi connectivity index (χ2n) is 39.9. The van der Waals surface area contributed by atoms with Crippen LogP contribution in [-0.4, -0.2) is 9.13 Å². The fourth-order valence-electron chi connectivity index (χ4n) is 25.9. The maximum Gasteiger partial charge on any atom is 0.0754 e. The summed E-state index contributed by atoms with van der Waals surface area (Å²) in [5, 5.41) is 7.39. The van der Waals surface area contributed by atoms with Crippen LogP contribution in [0.5, 0.6) is 0 Å². The lowest BCUT2D eigenvalue weighted by molar-refractivity contribution is 0.748. The van der Waals surface area contributed by atoms with Crippen LogP contribution in [0, 0.1) is 0 Å². The lowest BCUT2D eigenvalue weighted by Gasteiger charge is -2.39. The van der Waals surface area contributed by atoms with Crippen LogP contribution >= 0.6 is 0 Å². The third-order valence-electron chi connectivity index (χ3n) is 32.3.